The summed E-state index contributed by atoms with van der Waals surface area (Å²) in [5.74, 6) is 0.465. The lowest BCUT2D eigenvalue weighted by molar-refractivity contribution is -0.137. The number of likely N-dealkylation sites (tertiary alicyclic amines) is 1. The van der Waals surface area contributed by atoms with E-state index in [1.165, 1.54) is 18.2 Å². The third-order valence-electron chi connectivity index (χ3n) is 6.28. The molecule has 2 atom stereocenters. The molecule has 10 heteroatoms. The van der Waals surface area contributed by atoms with E-state index in [1.54, 1.807) is 41.4 Å². The van der Waals surface area contributed by atoms with Crippen molar-refractivity contribution in [3.8, 4) is 22.6 Å². The lowest BCUT2D eigenvalue weighted by Crippen LogP contribution is -2.47. The highest BCUT2D eigenvalue weighted by atomic mass is 19.4. The number of nitrogens with zero attached hydrogens (tertiary/aromatic N) is 2. The quantitative estimate of drug-likeness (QED) is 0.388. The number of amides is 1. The smallest absolute Gasteiger partial charge is 0.416 e. The molecule has 37 heavy (non-hydrogen) atoms. The van der Waals surface area contributed by atoms with Crippen molar-refractivity contribution in [2.45, 2.75) is 18.7 Å². The second kappa shape index (κ2) is 10.9. The molecule has 4 rings (SSSR count). The van der Waals surface area contributed by atoms with Crippen molar-refractivity contribution in [1.82, 2.24) is 9.88 Å². The van der Waals surface area contributed by atoms with Gasteiger partial charge < -0.3 is 25.8 Å². The average Bonchev–Trinajstić information content (AvgIpc) is 2.88. The van der Waals surface area contributed by atoms with Gasteiger partial charge in [0, 0.05) is 43.0 Å². The van der Waals surface area contributed by atoms with E-state index in [9.17, 15) is 23.1 Å². The summed E-state index contributed by atoms with van der Waals surface area (Å²) in [5, 5.41) is 13.9. The third kappa shape index (κ3) is 6.21. The lowest BCUT2D eigenvalue weighted by Gasteiger charge is -2.35. The number of nitrogens with one attached hydrogen (secondary N) is 1. The zero-order valence-corrected chi connectivity index (χ0v) is 19.9. The van der Waals surface area contributed by atoms with Gasteiger partial charge in [0.05, 0.1) is 11.7 Å². The maximum Gasteiger partial charge on any atom is 0.416 e. The zero-order valence-electron chi connectivity index (χ0n) is 19.9. The Bertz CT molecular complexity index is 1260. The number of alkyl halides is 3. The summed E-state index contributed by atoms with van der Waals surface area (Å²) in [4.78, 5) is 17.6. The fourth-order valence-electron chi connectivity index (χ4n) is 4.28. The Balaban J connectivity index is 1.46. The molecule has 2 heterocycles. The number of carbonyl (C=O) groups is 1. The predicted octanol–water partition coefficient (Wildman–Crippen LogP) is 4.95. The molecule has 1 aromatic heterocycles. The van der Waals surface area contributed by atoms with E-state index in [0.29, 0.717) is 36.6 Å². The number of hydrogen-bond acceptors (Lipinski definition) is 6. The maximum atomic E-state index is 13.0. The summed E-state index contributed by atoms with van der Waals surface area (Å²) in [5.41, 5.74) is 7.50. The normalized spacial score (nSPS) is 17.8. The summed E-state index contributed by atoms with van der Waals surface area (Å²) in [7, 11) is 0. The lowest BCUT2D eigenvalue weighted by atomic mass is 9.93. The zero-order chi connectivity index (χ0) is 26.6. The molecule has 0 radical (unpaired) electrons. The van der Waals surface area contributed by atoms with Crippen LogP contribution in [0.15, 0.2) is 73.4 Å². The van der Waals surface area contributed by atoms with Crippen LogP contribution in [0, 0.1) is 5.92 Å². The van der Waals surface area contributed by atoms with E-state index in [2.05, 4.69) is 16.9 Å². The van der Waals surface area contributed by atoms with Crippen molar-refractivity contribution < 1.29 is 27.8 Å². The highest BCUT2D eigenvalue weighted by Crippen LogP contribution is 2.36. The molecule has 7 nitrogen and oxygen atoms in total. The van der Waals surface area contributed by atoms with E-state index >= 15 is 0 Å². The molecule has 3 aromatic rings. The van der Waals surface area contributed by atoms with E-state index in [-0.39, 0.29) is 24.1 Å². The standard InChI is InChI=1S/C27H27F3N4O3/c1-2-24(36)34-13-11-18(23(35)16-34)15-33-22-10-12-32-26(31)25(22)17-6-8-20(9-7-17)37-21-5-3-4-19(14-21)27(28,29)30/h2-10,12,14,18,23,35H,1,11,13,15-16H2,(H3,31,32,33)/t18-,23+/m0/s1. The van der Waals surface area contributed by atoms with Gasteiger partial charge in [0.2, 0.25) is 5.91 Å². The number of nitrogen functional groups attached to an aromatic ring is 1. The number of aliphatic hydroxyl groups excluding tert-OH is 1. The molecule has 1 amide bonds. The Hall–Kier alpha value is -4.05. The van der Waals surface area contributed by atoms with Crippen LogP contribution < -0.4 is 15.8 Å². The molecule has 1 saturated heterocycles. The van der Waals surface area contributed by atoms with Gasteiger partial charge in [-0.2, -0.15) is 13.2 Å². The first-order valence-electron chi connectivity index (χ1n) is 11.7. The number of β-amino-alcohol motifs (C(OH)–C–C–N with tert-alkyl or cyclic N) is 1. The first kappa shape index (κ1) is 26.0. The summed E-state index contributed by atoms with van der Waals surface area (Å²) in [6.45, 7) is 4.73. The van der Waals surface area contributed by atoms with Crippen molar-refractivity contribution >= 4 is 17.4 Å². The summed E-state index contributed by atoms with van der Waals surface area (Å²) in [6, 6.07) is 13.2. The molecular weight excluding hydrogens is 485 g/mol. The molecule has 0 unspecified atom stereocenters. The third-order valence-corrected chi connectivity index (χ3v) is 6.28. The minimum atomic E-state index is -4.46. The van der Waals surface area contributed by atoms with Gasteiger partial charge in [-0.05, 0) is 54.5 Å². The number of aromatic nitrogens is 1. The number of rotatable bonds is 7. The number of piperidine rings is 1. The van der Waals surface area contributed by atoms with Crippen molar-refractivity contribution in [2.24, 2.45) is 5.92 Å². The fraction of sp³-hybridized carbons (Fsp3) is 0.259. The van der Waals surface area contributed by atoms with Crippen LogP contribution in [0.4, 0.5) is 24.7 Å². The molecule has 0 bridgehead atoms. The molecule has 0 spiro atoms. The summed E-state index contributed by atoms with van der Waals surface area (Å²) < 4.78 is 44.5. The number of benzene rings is 2. The number of ether oxygens (including phenoxy) is 1. The molecule has 194 valence electrons. The first-order valence-corrected chi connectivity index (χ1v) is 11.7. The van der Waals surface area contributed by atoms with Crippen LogP contribution in [-0.2, 0) is 11.0 Å². The van der Waals surface area contributed by atoms with Gasteiger partial charge in [-0.25, -0.2) is 4.98 Å². The van der Waals surface area contributed by atoms with Crippen LogP contribution >= 0.6 is 0 Å². The Labute approximate surface area is 212 Å². The van der Waals surface area contributed by atoms with Crippen LogP contribution in [0.25, 0.3) is 11.1 Å². The van der Waals surface area contributed by atoms with Gasteiger partial charge in [0.1, 0.15) is 17.3 Å². The highest BCUT2D eigenvalue weighted by Gasteiger charge is 2.31. The van der Waals surface area contributed by atoms with Crippen LogP contribution in [0.2, 0.25) is 0 Å². The van der Waals surface area contributed by atoms with Gasteiger partial charge in [-0.3, -0.25) is 4.79 Å². The predicted molar refractivity (Wildman–Crippen MR) is 135 cm³/mol. The van der Waals surface area contributed by atoms with Crippen LogP contribution in [0.1, 0.15) is 12.0 Å². The van der Waals surface area contributed by atoms with E-state index in [4.69, 9.17) is 10.5 Å². The van der Waals surface area contributed by atoms with Crippen molar-refractivity contribution in [1.29, 1.82) is 0 Å². The summed E-state index contributed by atoms with van der Waals surface area (Å²) >= 11 is 0. The summed E-state index contributed by atoms with van der Waals surface area (Å²) in [6.07, 6.45) is -1.69. The topological polar surface area (TPSA) is 101 Å². The Morgan fingerprint density at radius 2 is 1.97 bits per heavy atom. The van der Waals surface area contributed by atoms with E-state index < -0.39 is 17.8 Å². The molecule has 0 aliphatic carbocycles. The fourth-order valence-corrected chi connectivity index (χ4v) is 4.28. The van der Waals surface area contributed by atoms with E-state index in [1.807, 2.05) is 0 Å². The van der Waals surface area contributed by atoms with Crippen molar-refractivity contribution in [3.05, 3.63) is 79.0 Å². The van der Waals surface area contributed by atoms with Crippen LogP contribution in [0.5, 0.6) is 11.5 Å². The average molecular weight is 513 g/mol. The highest BCUT2D eigenvalue weighted by molar-refractivity contribution is 5.87. The number of anilines is 2. The second-order valence-electron chi connectivity index (χ2n) is 8.76. The number of carbonyl (C=O) groups excluding carboxylic acids is 1. The van der Waals surface area contributed by atoms with Gasteiger partial charge in [-0.15, -0.1) is 0 Å². The number of hydrogen-bond donors (Lipinski definition) is 3. The van der Waals surface area contributed by atoms with Gasteiger partial charge in [0.15, 0.2) is 0 Å². The van der Waals surface area contributed by atoms with Crippen molar-refractivity contribution in [2.75, 3.05) is 30.7 Å². The monoisotopic (exact) mass is 512 g/mol. The van der Waals surface area contributed by atoms with Crippen LogP contribution in [0.3, 0.4) is 0 Å². The minimum absolute atomic E-state index is 0.0701. The molecule has 1 aliphatic rings. The molecule has 4 N–H and O–H groups in total. The molecule has 1 aliphatic heterocycles. The number of nitrogens with two attached hydrogens (primary N) is 1. The second-order valence-corrected chi connectivity index (χ2v) is 8.76. The Morgan fingerprint density at radius 1 is 1.22 bits per heavy atom. The Kier molecular flexibility index (Phi) is 7.68. The maximum absolute atomic E-state index is 13.0. The molecule has 2 aromatic carbocycles. The van der Waals surface area contributed by atoms with Crippen LogP contribution in [-0.4, -0.2) is 46.6 Å². The van der Waals surface area contributed by atoms with E-state index in [0.717, 1.165) is 23.4 Å². The number of aliphatic hydroxyl groups is 1. The number of pyridine rings is 1. The molecular formula is C27H27F3N4O3. The van der Waals surface area contributed by atoms with Gasteiger partial charge in [-0.1, -0.05) is 24.8 Å². The molecule has 1 fully saturated rings. The number of halogens is 3. The van der Waals surface area contributed by atoms with Gasteiger partial charge >= 0.3 is 6.18 Å². The molecule has 0 saturated carbocycles. The van der Waals surface area contributed by atoms with Crippen molar-refractivity contribution in [3.63, 3.8) is 0 Å². The SMILES string of the molecule is C=CC(=O)N1CC[C@@H](CNc2ccnc(N)c2-c2ccc(Oc3cccc(C(F)(F)F)c3)cc2)[C@H](O)C1. The first-order chi connectivity index (χ1) is 17.7. The largest absolute Gasteiger partial charge is 0.457 e. The van der Waals surface area contributed by atoms with Gasteiger partial charge in [0.25, 0.3) is 0 Å². The Morgan fingerprint density at radius 3 is 2.65 bits per heavy atom. The minimum Gasteiger partial charge on any atom is -0.457 e.